The molecule has 1 atom stereocenters. The Balaban J connectivity index is 2.02. The van der Waals surface area contributed by atoms with E-state index in [2.05, 4.69) is 4.98 Å². The average Bonchev–Trinajstić information content (AvgIpc) is 2.39. The van der Waals surface area contributed by atoms with Crippen LogP contribution in [0.1, 0.15) is 24.2 Å². The Bertz CT molecular complexity index is 529. The molecule has 4 heteroatoms. The summed E-state index contributed by atoms with van der Waals surface area (Å²) in [4.78, 5) is 4.21. The topological polar surface area (TPSA) is 48.1 Å². The van der Waals surface area contributed by atoms with E-state index in [1.165, 1.54) is 6.07 Å². The molecule has 0 amide bonds. The van der Waals surface area contributed by atoms with E-state index >= 15 is 0 Å². The van der Waals surface area contributed by atoms with Gasteiger partial charge < -0.3 is 10.5 Å². The number of benzene rings is 1. The fraction of sp³-hybridized carbons (Fsp3) is 0.267. The number of halogens is 1. The van der Waals surface area contributed by atoms with Gasteiger partial charge in [-0.05, 0) is 31.2 Å². The maximum atomic E-state index is 13.7. The molecule has 1 aromatic heterocycles. The molecule has 2 N–H and O–H groups in total. The van der Waals surface area contributed by atoms with Gasteiger partial charge in [0.25, 0.3) is 0 Å². The molecule has 2 rings (SSSR count). The van der Waals surface area contributed by atoms with Crippen molar-refractivity contribution in [1.29, 1.82) is 0 Å². The number of hydrogen-bond donors (Lipinski definition) is 1. The molecule has 0 unspecified atom stereocenters. The molecule has 1 heterocycles. The first kappa shape index (κ1) is 13.5. The quantitative estimate of drug-likeness (QED) is 0.899. The Morgan fingerprint density at radius 1 is 1.26 bits per heavy atom. The lowest BCUT2D eigenvalue weighted by molar-refractivity contribution is 0.313. The molecule has 100 valence electrons. The number of nitrogens with zero attached hydrogens (tertiary/aromatic N) is 1. The van der Waals surface area contributed by atoms with E-state index in [0.717, 1.165) is 5.69 Å². The lowest BCUT2D eigenvalue weighted by Gasteiger charge is -2.14. The molecular formula is C15H17FN2O. The SMILES string of the molecule is C[C@@H](N)c1c(F)cccc1OCCc1ccccn1. The number of hydrogen-bond acceptors (Lipinski definition) is 3. The van der Waals surface area contributed by atoms with Crippen LogP contribution in [0.4, 0.5) is 4.39 Å². The largest absolute Gasteiger partial charge is 0.493 e. The summed E-state index contributed by atoms with van der Waals surface area (Å²) in [6.07, 6.45) is 2.42. The minimum absolute atomic E-state index is 0.328. The third-order valence-electron chi connectivity index (χ3n) is 2.81. The minimum Gasteiger partial charge on any atom is -0.493 e. The Labute approximate surface area is 112 Å². The highest BCUT2D eigenvalue weighted by molar-refractivity contribution is 5.36. The lowest BCUT2D eigenvalue weighted by Crippen LogP contribution is -2.11. The highest BCUT2D eigenvalue weighted by Crippen LogP contribution is 2.26. The van der Waals surface area contributed by atoms with Crippen LogP contribution in [0.25, 0.3) is 0 Å². The summed E-state index contributed by atoms with van der Waals surface area (Å²) in [5.74, 6) is 0.177. The second-order valence-corrected chi connectivity index (χ2v) is 4.36. The van der Waals surface area contributed by atoms with Crippen LogP contribution in [-0.2, 0) is 6.42 Å². The zero-order chi connectivity index (χ0) is 13.7. The monoisotopic (exact) mass is 260 g/mol. The van der Waals surface area contributed by atoms with Gasteiger partial charge in [-0.25, -0.2) is 4.39 Å². The first-order valence-electron chi connectivity index (χ1n) is 6.25. The number of aromatic nitrogens is 1. The van der Waals surface area contributed by atoms with Crippen molar-refractivity contribution in [2.24, 2.45) is 5.73 Å². The molecule has 2 aromatic rings. The van der Waals surface area contributed by atoms with Crippen LogP contribution in [0.3, 0.4) is 0 Å². The second-order valence-electron chi connectivity index (χ2n) is 4.36. The zero-order valence-corrected chi connectivity index (χ0v) is 10.8. The van der Waals surface area contributed by atoms with Crippen LogP contribution >= 0.6 is 0 Å². The molecular weight excluding hydrogens is 243 g/mol. The summed E-state index contributed by atoms with van der Waals surface area (Å²) in [7, 11) is 0. The van der Waals surface area contributed by atoms with Crippen molar-refractivity contribution >= 4 is 0 Å². The van der Waals surface area contributed by atoms with E-state index in [1.54, 1.807) is 25.3 Å². The fourth-order valence-electron chi connectivity index (χ4n) is 1.90. The summed E-state index contributed by atoms with van der Waals surface area (Å²) in [5, 5.41) is 0. The number of pyridine rings is 1. The fourth-order valence-corrected chi connectivity index (χ4v) is 1.90. The van der Waals surface area contributed by atoms with Gasteiger partial charge in [-0.2, -0.15) is 0 Å². The van der Waals surface area contributed by atoms with Crippen molar-refractivity contribution in [3.05, 3.63) is 59.7 Å². The normalized spacial score (nSPS) is 12.2. The van der Waals surface area contributed by atoms with Crippen LogP contribution in [0.5, 0.6) is 5.75 Å². The first-order valence-corrected chi connectivity index (χ1v) is 6.25. The molecule has 1 aromatic carbocycles. The third-order valence-corrected chi connectivity index (χ3v) is 2.81. The predicted octanol–water partition coefficient (Wildman–Crippen LogP) is 2.86. The average molecular weight is 260 g/mol. The van der Waals surface area contributed by atoms with Crippen LogP contribution in [0.2, 0.25) is 0 Å². The van der Waals surface area contributed by atoms with E-state index in [-0.39, 0.29) is 5.82 Å². The van der Waals surface area contributed by atoms with Crippen LogP contribution in [-0.4, -0.2) is 11.6 Å². The number of rotatable bonds is 5. The maximum Gasteiger partial charge on any atom is 0.131 e. The Hall–Kier alpha value is -1.94. The highest BCUT2D eigenvalue weighted by Gasteiger charge is 2.13. The standard InChI is InChI=1S/C15H17FN2O/c1-11(17)15-13(16)6-4-7-14(15)19-10-8-12-5-2-3-9-18-12/h2-7,9,11H,8,10,17H2,1H3/t11-/m1/s1. The van der Waals surface area contributed by atoms with Gasteiger partial charge in [0.2, 0.25) is 0 Å². The molecule has 0 saturated carbocycles. The molecule has 0 aliphatic heterocycles. The molecule has 0 fully saturated rings. The predicted molar refractivity (Wildman–Crippen MR) is 72.4 cm³/mol. The number of nitrogens with two attached hydrogens (primary N) is 1. The van der Waals surface area contributed by atoms with Gasteiger partial charge in [0.1, 0.15) is 11.6 Å². The lowest BCUT2D eigenvalue weighted by atomic mass is 10.1. The van der Waals surface area contributed by atoms with Gasteiger partial charge in [0.15, 0.2) is 0 Å². The smallest absolute Gasteiger partial charge is 0.131 e. The van der Waals surface area contributed by atoms with E-state index in [4.69, 9.17) is 10.5 Å². The van der Waals surface area contributed by atoms with Crippen molar-refractivity contribution in [3.63, 3.8) is 0 Å². The van der Waals surface area contributed by atoms with E-state index < -0.39 is 6.04 Å². The van der Waals surface area contributed by atoms with Crippen molar-refractivity contribution in [3.8, 4) is 5.75 Å². The van der Waals surface area contributed by atoms with Crippen molar-refractivity contribution in [2.45, 2.75) is 19.4 Å². The Kier molecular flexibility index (Phi) is 4.47. The molecule has 0 radical (unpaired) electrons. The molecule has 0 spiro atoms. The molecule has 0 saturated heterocycles. The van der Waals surface area contributed by atoms with Gasteiger partial charge in [-0.1, -0.05) is 12.1 Å². The van der Waals surface area contributed by atoms with E-state index in [1.807, 2.05) is 18.2 Å². The van der Waals surface area contributed by atoms with E-state index in [0.29, 0.717) is 24.3 Å². The van der Waals surface area contributed by atoms with Gasteiger partial charge in [0, 0.05) is 29.9 Å². The summed E-state index contributed by atoms with van der Waals surface area (Å²) in [6, 6.07) is 10.1. The van der Waals surface area contributed by atoms with Crippen LogP contribution in [0.15, 0.2) is 42.6 Å². The highest BCUT2D eigenvalue weighted by atomic mass is 19.1. The summed E-state index contributed by atoms with van der Waals surface area (Å²) in [6.45, 7) is 2.18. The molecule has 3 nitrogen and oxygen atoms in total. The van der Waals surface area contributed by atoms with Crippen molar-refractivity contribution in [2.75, 3.05) is 6.61 Å². The van der Waals surface area contributed by atoms with Crippen LogP contribution in [0, 0.1) is 5.82 Å². The maximum absolute atomic E-state index is 13.7. The third kappa shape index (κ3) is 3.51. The zero-order valence-electron chi connectivity index (χ0n) is 10.8. The minimum atomic E-state index is -0.397. The Morgan fingerprint density at radius 3 is 2.79 bits per heavy atom. The van der Waals surface area contributed by atoms with Gasteiger partial charge in [-0.15, -0.1) is 0 Å². The molecule has 0 bridgehead atoms. The molecule has 0 aliphatic carbocycles. The number of ether oxygens (including phenoxy) is 1. The van der Waals surface area contributed by atoms with Gasteiger partial charge in [0.05, 0.1) is 6.61 Å². The summed E-state index contributed by atoms with van der Waals surface area (Å²) in [5.41, 5.74) is 7.13. The molecule has 0 aliphatic rings. The van der Waals surface area contributed by atoms with E-state index in [9.17, 15) is 4.39 Å². The van der Waals surface area contributed by atoms with Crippen molar-refractivity contribution in [1.82, 2.24) is 4.98 Å². The first-order chi connectivity index (χ1) is 9.18. The van der Waals surface area contributed by atoms with Gasteiger partial charge in [-0.3, -0.25) is 4.98 Å². The summed E-state index contributed by atoms with van der Waals surface area (Å²) < 4.78 is 19.3. The molecule has 19 heavy (non-hydrogen) atoms. The van der Waals surface area contributed by atoms with Crippen LogP contribution < -0.4 is 10.5 Å². The summed E-state index contributed by atoms with van der Waals surface area (Å²) >= 11 is 0. The second kappa shape index (κ2) is 6.29. The van der Waals surface area contributed by atoms with Crippen molar-refractivity contribution < 1.29 is 9.13 Å². The van der Waals surface area contributed by atoms with Gasteiger partial charge >= 0.3 is 0 Å². The Morgan fingerprint density at radius 2 is 2.11 bits per heavy atom.